The van der Waals surface area contributed by atoms with Gasteiger partial charge in [0.25, 0.3) is 0 Å². The summed E-state index contributed by atoms with van der Waals surface area (Å²) < 4.78 is 5.37. The van der Waals surface area contributed by atoms with Gasteiger partial charge in [-0.3, -0.25) is 0 Å². The Morgan fingerprint density at radius 2 is 2.05 bits per heavy atom. The number of hydrogen-bond donors (Lipinski definition) is 3. The van der Waals surface area contributed by atoms with Crippen molar-refractivity contribution >= 4 is 0 Å². The lowest BCUT2D eigenvalue weighted by molar-refractivity contribution is 0.236. The van der Waals surface area contributed by atoms with Gasteiger partial charge >= 0.3 is 0 Å². The molecule has 0 aliphatic heterocycles. The number of ether oxygens (including phenoxy) is 1. The Balaban J connectivity index is 2.51. The van der Waals surface area contributed by atoms with Crippen molar-refractivity contribution in [3.8, 4) is 11.5 Å². The normalized spacial score (nSPS) is 11.6. The SMILES string of the molecule is CCOc1cccc(CNCC(C)(C)CCCO)c1O. The second-order valence-electron chi connectivity index (χ2n) is 5.79. The maximum absolute atomic E-state index is 10.1. The fourth-order valence-corrected chi connectivity index (χ4v) is 2.16. The van der Waals surface area contributed by atoms with Gasteiger partial charge in [-0.05, 0) is 31.2 Å². The van der Waals surface area contributed by atoms with E-state index < -0.39 is 0 Å². The van der Waals surface area contributed by atoms with Crippen LogP contribution in [0.15, 0.2) is 18.2 Å². The number of nitrogens with one attached hydrogen (secondary N) is 1. The highest BCUT2D eigenvalue weighted by molar-refractivity contribution is 5.45. The highest BCUT2D eigenvalue weighted by Crippen LogP contribution is 2.30. The Morgan fingerprint density at radius 3 is 2.70 bits per heavy atom. The predicted octanol–water partition coefficient (Wildman–Crippen LogP) is 2.68. The van der Waals surface area contributed by atoms with Crippen molar-refractivity contribution in [2.24, 2.45) is 5.41 Å². The molecule has 4 heteroatoms. The summed E-state index contributed by atoms with van der Waals surface area (Å²) in [6, 6.07) is 5.55. The van der Waals surface area contributed by atoms with E-state index in [1.807, 2.05) is 19.1 Å². The van der Waals surface area contributed by atoms with E-state index in [1.165, 1.54) is 0 Å². The van der Waals surface area contributed by atoms with Crippen LogP contribution >= 0.6 is 0 Å². The Kier molecular flexibility index (Phi) is 6.82. The molecule has 0 unspecified atom stereocenters. The van der Waals surface area contributed by atoms with Gasteiger partial charge in [0.2, 0.25) is 0 Å². The quantitative estimate of drug-likeness (QED) is 0.651. The lowest BCUT2D eigenvalue weighted by Crippen LogP contribution is -2.29. The van der Waals surface area contributed by atoms with Gasteiger partial charge in [-0.15, -0.1) is 0 Å². The third-order valence-corrected chi connectivity index (χ3v) is 3.31. The maximum atomic E-state index is 10.1. The first-order chi connectivity index (χ1) is 9.50. The average molecular weight is 281 g/mol. The summed E-state index contributed by atoms with van der Waals surface area (Å²) in [6.45, 7) is 8.46. The first-order valence-corrected chi connectivity index (χ1v) is 7.25. The zero-order chi connectivity index (χ0) is 15.0. The predicted molar refractivity (Wildman–Crippen MR) is 81.1 cm³/mol. The summed E-state index contributed by atoms with van der Waals surface area (Å²) in [5.41, 5.74) is 0.976. The third kappa shape index (κ3) is 5.39. The zero-order valence-corrected chi connectivity index (χ0v) is 12.8. The number of phenols is 1. The lowest BCUT2D eigenvalue weighted by atomic mass is 9.88. The number of phenolic OH excluding ortho intramolecular Hbond substituents is 1. The van der Waals surface area contributed by atoms with Crippen LogP contribution in [0, 0.1) is 5.41 Å². The fourth-order valence-electron chi connectivity index (χ4n) is 2.16. The topological polar surface area (TPSA) is 61.7 Å². The molecule has 0 bridgehead atoms. The molecule has 0 radical (unpaired) electrons. The molecule has 0 aromatic heterocycles. The van der Waals surface area contributed by atoms with Crippen LogP contribution in [0.4, 0.5) is 0 Å². The molecule has 0 heterocycles. The van der Waals surface area contributed by atoms with Crippen molar-refractivity contribution in [2.45, 2.75) is 40.2 Å². The Morgan fingerprint density at radius 1 is 1.30 bits per heavy atom. The van der Waals surface area contributed by atoms with Crippen molar-refractivity contribution in [1.82, 2.24) is 5.32 Å². The standard InChI is InChI=1S/C16H27NO3/c1-4-20-14-8-5-7-13(15(14)19)11-17-12-16(2,3)9-6-10-18/h5,7-8,17-19H,4,6,9-12H2,1-3H3. The van der Waals surface area contributed by atoms with Crippen LogP contribution < -0.4 is 10.1 Å². The van der Waals surface area contributed by atoms with Crippen LogP contribution in [0.1, 0.15) is 39.2 Å². The highest BCUT2D eigenvalue weighted by atomic mass is 16.5. The molecule has 20 heavy (non-hydrogen) atoms. The highest BCUT2D eigenvalue weighted by Gasteiger charge is 2.17. The molecule has 0 aliphatic rings. The molecule has 1 aromatic rings. The Bertz CT molecular complexity index is 405. The van der Waals surface area contributed by atoms with E-state index in [0.717, 1.165) is 24.9 Å². The third-order valence-electron chi connectivity index (χ3n) is 3.31. The molecule has 0 fully saturated rings. The Labute approximate surface area is 121 Å². The van der Waals surface area contributed by atoms with E-state index in [1.54, 1.807) is 6.07 Å². The number of rotatable bonds is 9. The minimum atomic E-state index is 0.135. The number of aliphatic hydroxyl groups excluding tert-OH is 1. The molecule has 4 nitrogen and oxygen atoms in total. The number of aliphatic hydroxyl groups is 1. The molecule has 0 spiro atoms. The van der Waals surface area contributed by atoms with Crippen molar-refractivity contribution < 1.29 is 14.9 Å². The summed E-state index contributed by atoms with van der Waals surface area (Å²) in [5, 5.41) is 22.3. The molecule has 0 atom stereocenters. The number of hydrogen-bond acceptors (Lipinski definition) is 4. The first kappa shape index (κ1) is 16.8. The fraction of sp³-hybridized carbons (Fsp3) is 0.625. The monoisotopic (exact) mass is 281 g/mol. The van der Waals surface area contributed by atoms with Crippen molar-refractivity contribution in [3.63, 3.8) is 0 Å². The van der Waals surface area contributed by atoms with Gasteiger partial charge in [-0.25, -0.2) is 0 Å². The molecule has 1 aromatic carbocycles. The zero-order valence-electron chi connectivity index (χ0n) is 12.8. The largest absolute Gasteiger partial charge is 0.504 e. The molecular formula is C16H27NO3. The van der Waals surface area contributed by atoms with Crippen molar-refractivity contribution in [2.75, 3.05) is 19.8 Å². The summed E-state index contributed by atoms with van der Waals surface area (Å²) in [4.78, 5) is 0. The molecule has 114 valence electrons. The van der Waals surface area contributed by atoms with Crippen molar-refractivity contribution in [3.05, 3.63) is 23.8 Å². The van der Waals surface area contributed by atoms with Gasteiger partial charge < -0.3 is 20.3 Å². The Hall–Kier alpha value is -1.26. The second kappa shape index (κ2) is 8.12. The molecular weight excluding hydrogens is 254 g/mol. The summed E-state index contributed by atoms with van der Waals surface area (Å²) in [6.07, 6.45) is 1.79. The van der Waals surface area contributed by atoms with Gasteiger partial charge in [-0.1, -0.05) is 26.0 Å². The van der Waals surface area contributed by atoms with Crippen LogP contribution in [0.5, 0.6) is 11.5 Å². The molecule has 3 N–H and O–H groups in total. The van der Waals surface area contributed by atoms with E-state index in [0.29, 0.717) is 18.9 Å². The van der Waals surface area contributed by atoms with E-state index in [9.17, 15) is 5.11 Å². The molecule has 0 saturated carbocycles. The summed E-state index contributed by atoms with van der Waals surface area (Å²) >= 11 is 0. The molecule has 1 rings (SSSR count). The lowest BCUT2D eigenvalue weighted by Gasteiger charge is -2.25. The van der Waals surface area contributed by atoms with Gasteiger partial charge in [0, 0.05) is 25.3 Å². The van der Waals surface area contributed by atoms with Crippen LogP contribution in [-0.2, 0) is 6.54 Å². The summed E-state index contributed by atoms with van der Waals surface area (Å²) in [7, 11) is 0. The number of benzene rings is 1. The van der Waals surface area contributed by atoms with E-state index >= 15 is 0 Å². The minimum absolute atomic E-state index is 0.135. The maximum Gasteiger partial charge on any atom is 0.162 e. The minimum Gasteiger partial charge on any atom is -0.504 e. The van der Waals surface area contributed by atoms with Crippen molar-refractivity contribution in [1.29, 1.82) is 0 Å². The summed E-state index contributed by atoms with van der Waals surface area (Å²) in [5.74, 6) is 0.751. The van der Waals surface area contributed by atoms with Gasteiger partial charge in [0.05, 0.1) is 6.61 Å². The molecule has 0 saturated heterocycles. The second-order valence-corrected chi connectivity index (χ2v) is 5.79. The van der Waals surface area contributed by atoms with E-state index in [2.05, 4.69) is 19.2 Å². The van der Waals surface area contributed by atoms with Gasteiger partial charge in [-0.2, -0.15) is 0 Å². The smallest absolute Gasteiger partial charge is 0.162 e. The van der Waals surface area contributed by atoms with Crippen LogP contribution in [0.2, 0.25) is 0 Å². The number of aromatic hydroxyl groups is 1. The van der Waals surface area contributed by atoms with Crippen LogP contribution in [0.25, 0.3) is 0 Å². The average Bonchev–Trinajstić information content (AvgIpc) is 2.41. The van der Waals surface area contributed by atoms with Crippen LogP contribution in [0.3, 0.4) is 0 Å². The van der Waals surface area contributed by atoms with Gasteiger partial charge in [0.15, 0.2) is 11.5 Å². The van der Waals surface area contributed by atoms with Gasteiger partial charge in [0.1, 0.15) is 0 Å². The number of para-hydroxylation sites is 1. The van der Waals surface area contributed by atoms with Crippen LogP contribution in [-0.4, -0.2) is 30.0 Å². The van der Waals surface area contributed by atoms with E-state index in [-0.39, 0.29) is 17.8 Å². The molecule has 0 amide bonds. The first-order valence-electron chi connectivity index (χ1n) is 7.25. The van der Waals surface area contributed by atoms with E-state index in [4.69, 9.17) is 9.84 Å². The molecule has 0 aliphatic carbocycles.